The van der Waals surface area contributed by atoms with E-state index in [1.165, 1.54) is 0 Å². The molecular weight excluding hydrogens is 508 g/mol. The maximum absolute atomic E-state index is 12.3. The van der Waals surface area contributed by atoms with Crippen molar-refractivity contribution in [2.45, 2.75) is 32.2 Å². The van der Waals surface area contributed by atoms with E-state index < -0.39 is 5.41 Å². The summed E-state index contributed by atoms with van der Waals surface area (Å²) in [6.07, 6.45) is 7.52. The van der Waals surface area contributed by atoms with E-state index in [2.05, 4.69) is 47.7 Å². The van der Waals surface area contributed by atoms with Gasteiger partial charge in [-0.05, 0) is 53.4 Å². The number of rotatable bonds is 5. The van der Waals surface area contributed by atoms with Gasteiger partial charge in [0.1, 0.15) is 4.60 Å². The van der Waals surface area contributed by atoms with Crippen LogP contribution in [0.5, 0.6) is 0 Å². The van der Waals surface area contributed by atoms with Gasteiger partial charge in [-0.2, -0.15) is 15.3 Å². The molecule has 0 aliphatic heterocycles. The number of halogens is 1. The summed E-state index contributed by atoms with van der Waals surface area (Å²) in [6, 6.07) is 11.7. The summed E-state index contributed by atoms with van der Waals surface area (Å²) in [6.45, 7) is 1.99. The summed E-state index contributed by atoms with van der Waals surface area (Å²) in [5.74, 6) is 0.535. The number of hydrogen-bond acceptors (Lipinski definition) is 7. The molecule has 1 aliphatic rings. The number of hydrogen-bond donors (Lipinski definition) is 2. The van der Waals surface area contributed by atoms with E-state index in [4.69, 9.17) is 4.98 Å². The van der Waals surface area contributed by atoms with Crippen LogP contribution >= 0.6 is 15.9 Å². The lowest BCUT2D eigenvalue weighted by atomic mass is 9.87. The summed E-state index contributed by atoms with van der Waals surface area (Å²) >= 11 is 3.50. The van der Waals surface area contributed by atoms with Crippen molar-refractivity contribution in [3.63, 3.8) is 0 Å². The average molecular weight is 531 g/mol. The Morgan fingerprint density at radius 3 is 2.91 bits per heavy atom. The smallest absolute Gasteiger partial charge is 0.225 e. The molecule has 1 unspecified atom stereocenters. The summed E-state index contributed by atoms with van der Waals surface area (Å²) < 4.78 is 2.31. The molecule has 10 heteroatoms. The predicted octanol–water partition coefficient (Wildman–Crippen LogP) is 4.23. The Balaban J connectivity index is 1.48. The molecule has 1 saturated carbocycles. The number of aromatic nitrogens is 5. The van der Waals surface area contributed by atoms with Crippen LogP contribution in [0.25, 0.3) is 27.8 Å². The molecule has 1 aromatic carbocycles. The SMILES string of the molecule is CNC(=O)C1(C)CC[C@@H](Nc2ncc3c(Br)nn(-c4ccc(-c5cccnc5)c(C#N)c4)c3n2)C1. The molecule has 0 spiro atoms. The first-order valence-corrected chi connectivity index (χ1v) is 12.1. The van der Waals surface area contributed by atoms with E-state index in [-0.39, 0.29) is 11.9 Å². The third kappa shape index (κ3) is 4.23. The van der Waals surface area contributed by atoms with Crippen molar-refractivity contribution in [2.24, 2.45) is 5.41 Å². The Kier molecular flexibility index (Phi) is 5.94. The number of pyridine rings is 1. The number of nitriles is 1. The average Bonchev–Trinajstić information content (AvgIpc) is 3.43. The van der Waals surface area contributed by atoms with Crippen molar-refractivity contribution in [3.05, 3.63) is 59.1 Å². The Labute approximate surface area is 210 Å². The molecule has 2 N–H and O–H groups in total. The number of amides is 1. The first-order chi connectivity index (χ1) is 16.9. The van der Waals surface area contributed by atoms with Gasteiger partial charge in [0, 0.05) is 48.2 Å². The summed E-state index contributed by atoms with van der Waals surface area (Å²) in [5, 5.41) is 21.3. The van der Waals surface area contributed by atoms with Gasteiger partial charge in [-0.3, -0.25) is 9.78 Å². The van der Waals surface area contributed by atoms with Gasteiger partial charge in [-0.1, -0.05) is 19.1 Å². The maximum atomic E-state index is 12.3. The van der Waals surface area contributed by atoms with Crippen LogP contribution in [0.3, 0.4) is 0 Å². The summed E-state index contributed by atoms with van der Waals surface area (Å²) in [4.78, 5) is 25.6. The molecule has 3 aromatic heterocycles. The van der Waals surface area contributed by atoms with Gasteiger partial charge in [0.15, 0.2) is 5.65 Å². The molecule has 5 rings (SSSR count). The highest BCUT2D eigenvalue weighted by Crippen LogP contribution is 2.39. The van der Waals surface area contributed by atoms with E-state index in [1.54, 1.807) is 36.4 Å². The quantitative estimate of drug-likeness (QED) is 0.395. The fraction of sp³-hybridized carbons (Fsp3) is 0.280. The third-order valence-corrected chi connectivity index (χ3v) is 7.16. The zero-order valence-electron chi connectivity index (χ0n) is 19.3. The highest BCUT2D eigenvalue weighted by atomic mass is 79.9. The van der Waals surface area contributed by atoms with Crippen molar-refractivity contribution >= 4 is 38.8 Å². The number of benzene rings is 1. The van der Waals surface area contributed by atoms with Crippen molar-refractivity contribution in [1.29, 1.82) is 5.26 Å². The number of anilines is 1. The molecule has 3 heterocycles. The minimum absolute atomic E-state index is 0.0585. The van der Waals surface area contributed by atoms with Gasteiger partial charge in [0.2, 0.25) is 11.9 Å². The van der Waals surface area contributed by atoms with E-state index in [0.717, 1.165) is 29.4 Å². The van der Waals surface area contributed by atoms with Gasteiger partial charge in [0.25, 0.3) is 0 Å². The van der Waals surface area contributed by atoms with Gasteiger partial charge in [-0.25, -0.2) is 9.67 Å². The van der Waals surface area contributed by atoms with Crippen LogP contribution in [0.2, 0.25) is 0 Å². The second kappa shape index (κ2) is 9.07. The van der Waals surface area contributed by atoms with Crippen LogP contribution in [-0.4, -0.2) is 43.7 Å². The minimum atomic E-state index is -0.398. The second-order valence-electron chi connectivity index (χ2n) is 8.94. The summed E-state index contributed by atoms with van der Waals surface area (Å²) in [5.41, 5.74) is 3.11. The van der Waals surface area contributed by atoms with Crippen LogP contribution in [0, 0.1) is 16.7 Å². The number of carbonyl (C=O) groups is 1. The second-order valence-corrected chi connectivity index (χ2v) is 9.69. The number of nitrogens with one attached hydrogen (secondary N) is 2. The molecule has 1 aliphatic carbocycles. The molecule has 1 amide bonds. The maximum Gasteiger partial charge on any atom is 0.225 e. The lowest BCUT2D eigenvalue weighted by molar-refractivity contribution is -0.129. The highest BCUT2D eigenvalue weighted by Gasteiger charge is 2.41. The zero-order chi connectivity index (χ0) is 24.6. The van der Waals surface area contributed by atoms with Crippen LogP contribution in [0.15, 0.2) is 53.5 Å². The zero-order valence-corrected chi connectivity index (χ0v) is 20.9. The van der Waals surface area contributed by atoms with E-state index in [9.17, 15) is 10.1 Å². The lowest BCUT2D eigenvalue weighted by Crippen LogP contribution is -2.35. The first kappa shape index (κ1) is 22.9. The fourth-order valence-electron chi connectivity index (χ4n) is 4.70. The molecule has 0 saturated heterocycles. The topological polar surface area (TPSA) is 121 Å². The van der Waals surface area contributed by atoms with Crippen molar-refractivity contribution < 1.29 is 4.79 Å². The van der Waals surface area contributed by atoms with Gasteiger partial charge in [-0.15, -0.1) is 0 Å². The largest absolute Gasteiger partial charge is 0.359 e. The standard InChI is InChI=1S/C25H23BrN8O/c1-25(23(35)28-2)8-7-17(11-25)31-24-30-14-20-21(26)33-34(22(20)32-24)18-5-6-19(16(10-18)12-27)15-4-3-9-29-13-15/h3-6,9-10,13-14,17H,7-8,11H2,1-2H3,(H,28,35)(H,30,31,32)/t17-,25?/m1/s1. The van der Waals surface area contributed by atoms with Gasteiger partial charge < -0.3 is 10.6 Å². The van der Waals surface area contributed by atoms with Crippen molar-refractivity contribution in [1.82, 2.24) is 30.0 Å². The number of carbonyl (C=O) groups excluding carboxylic acids is 1. The normalized spacial score (nSPS) is 19.4. The van der Waals surface area contributed by atoms with Crippen LogP contribution in [0.4, 0.5) is 5.95 Å². The molecule has 9 nitrogen and oxygen atoms in total. The predicted molar refractivity (Wildman–Crippen MR) is 136 cm³/mol. The Hall–Kier alpha value is -3.84. The van der Waals surface area contributed by atoms with Crippen LogP contribution < -0.4 is 10.6 Å². The Morgan fingerprint density at radius 2 is 2.17 bits per heavy atom. The molecule has 4 aromatic rings. The van der Waals surface area contributed by atoms with Gasteiger partial charge >= 0.3 is 0 Å². The molecule has 35 heavy (non-hydrogen) atoms. The molecule has 176 valence electrons. The highest BCUT2D eigenvalue weighted by molar-refractivity contribution is 9.10. The van der Waals surface area contributed by atoms with E-state index >= 15 is 0 Å². The van der Waals surface area contributed by atoms with Crippen molar-refractivity contribution in [2.75, 3.05) is 12.4 Å². The molecular formula is C25H23BrN8O. The Bertz CT molecular complexity index is 1460. The van der Waals surface area contributed by atoms with E-state index in [0.29, 0.717) is 33.9 Å². The third-order valence-electron chi connectivity index (χ3n) is 6.57. The minimum Gasteiger partial charge on any atom is -0.359 e. The van der Waals surface area contributed by atoms with Crippen LogP contribution in [-0.2, 0) is 4.79 Å². The molecule has 0 bridgehead atoms. The monoisotopic (exact) mass is 530 g/mol. The van der Waals surface area contributed by atoms with E-state index in [1.807, 2.05) is 31.2 Å². The summed E-state index contributed by atoms with van der Waals surface area (Å²) in [7, 11) is 1.67. The Morgan fingerprint density at radius 1 is 1.31 bits per heavy atom. The fourth-order valence-corrected chi connectivity index (χ4v) is 5.14. The number of nitrogens with zero attached hydrogens (tertiary/aromatic N) is 6. The van der Waals surface area contributed by atoms with Crippen LogP contribution in [0.1, 0.15) is 31.7 Å². The van der Waals surface area contributed by atoms with Crippen molar-refractivity contribution in [3.8, 4) is 22.9 Å². The molecule has 2 atom stereocenters. The lowest BCUT2D eigenvalue weighted by Gasteiger charge is -2.22. The van der Waals surface area contributed by atoms with Gasteiger partial charge in [0.05, 0.1) is 22.7 Å². The number of fused-ring (bicyclic) bond motifs is 1. The first-order valence-electron chi connectivity index (χ1n) is 11.3. The molecule has 1 fully saturated rings. The molecule has 0 radical (unpaired) electrons.